The van der Waals surface area contributed by atoms with Gasteiger partial charge in [0.1, 0.15) is 11.8 Å². The van der Waals surface area contributed by atoms with Crippen LogP contribution in [0.25, 0.3) is 0 Å². The number of carbonyl (C=O) groups is 2. The van der Waals surface area contributed by atoms with Gasteiger partial charge in [0.25, 0.3) is 0 Å². The minimum Gasteiger partial charge on any atom is -0.444 e. The van der Waals surface area contributed by atoms with Crippen LogP contribution in [0.4, 0.5) is 4.79 Å². The smallest absolute Gasteiger partial charge is 0.408 e. The number of rotatable bonds is 4. The van der Waals surface area contributed by atoms with Crippen molar-refractivity contribution in [3.63, 3.8) is 0 Å². The molecule has 1 atom stereocenters. The first-order valence-electron chi connectivity index (χ1n) is 4.97. The molecule has 0 aliphatic carbocycles. The van der Waals surface area contributed by atoms with E-state index in [0.29, 0.717) is 0 Å². The van der Waals surface area contributed by atoms with Gasteiger partial charge in [-0.3, -0.25) is 9.36 Å². The van der Waals surface area contributed by atoms with Gasteiger partial charge in [-0.05, 0) is 27.7 Å². The molecule has 0 spiro atoms. The van der Waals surface area contributed by atoms with Gasteiger partial charge in [0, 0.05) is 0 Å². The summed E-state index contributed by atoms with van der Waals surface area (Å²) in [6.07, 6.45) is -1.70. The predicted octanol–water partition coefficient (Wildman–Crippen LogP) is 0.646. The fourth-order valence-corrected chi connectivity index (χ4v) is 1.58. The number of nitrogens with one attached hydrogen (secondary N) is 1. The molecule has 0 saturated carbocycles. The Morgan fingerprint density at radius 1 is 1.35 bits per heavy atom. The normalized spacial score (nSPS) is 14.0. The lowest BCUT2D eigenvalue weighted by Gasteiger charge is -2.21. The van der Waals surface area contributed by atoms with Gasteiger partial charge < -0.3 is 19.8 Å². The molecule has 17 heavy (non-hydrogen) atoms. The van der Waals surface area contributed by atoms with Crippen LogP contribution in [-0.2, 0) is 14.1 Å². The van der Waals surface area contributed by atoms with Gasteiger partial charge in [-0.1, -0.05) is 0 Å². The molecule has 7 nitrogen and oxygen atoms in total. The maximum absolute atomic E-state index is 11.3. The highest BCUT2D eigenvalue weighted by Crippen LogP contribution is 2.34. The molecule has 0 rings (SSSR count). The quantitative estimate of drug-likeness (QED) is 0.644. The number of amides is 1. The van der Waals surface area contributed by atoms with Crippen LogP contribution in [0.15, 0.2) is 0 Å². The Morgan fingerprint density at radius 3 is 2.18 bits per heavy atom. The van der Waals surface area contributed by atoms with E-state index >= 15 is 0 Å². The standard InChI is InChI=1S/C9H18NO6P/c1-6(7(11)5-17(13,14)15)10-8(12)16-9(2,3)4/h6H,5H2,1-4H3,(H,10,12)(H2,13,14,15)/t6-/m1/s1. The first kappa shape index (κ1) is 16.1. The van der Waals surface area contributed by atoms with Crippen LogP contribution < -0.4 is 5.32 Å². The molecule has 100 valence electrons. The first-order chi connectivity index (χ1) is 7.41. The van der Waals surface area contributed by atoms with Crippen molar-refractivity contribution in [2.24, 2.45) is 0 Å². The number of alkyl carbamates (subject to hydrolysis) is 1. The molecule has 0 heterocycles. The molecule has 0 fully saturated rings. The third kappa shape index (κ3) is 8.85. The van der Waals surface area contributed by atoms with E-state index in [0.717, 1.165) is 0 Å². The van der Waals surface area contributed by atoms with Gasteiger partial charge in [0.15, 0.2) is 5.78 Å². The van der Waals surface area contributed by atoms with E-state index in [1.165, 1.54) is 6.92 Å². The van der Waals surface area contributed by atoms with Crippen LogP contribution in [0, 0.1) is 0 Å². The highest BCUT2D eigenvalue weighted by molar-refractivity contribution is 7.52. The second-order valence-corrected chi connectivity index (χ2v) is 6.30. The second kappa shape index (κ2) is 5.62. The molecule has 3 N–H and O–H groups in total. The molecule has 0 aromatic carbocycles. The van der Waals surface area contributed by atoms with E-state index in [1.807, 2.05) is 0 Å². The molecule has 0 bridgehead atoms. The largest absolute Gasteiger partial charge is 0.444 e. The molecule has 8 heteroatoms. The van der Waals surface area contributed by atoms with Gasteiger partial charge in [0.05, 0.1) is 6.04 Å². The monoisotopic (exact) mass is 267 g/mol. The molecule has 0 saturated heterocycles. The number of hydrogen-bond acceptors (Lipinski definition) is 4. The summed E-state index contributed by atoms with van der Waals surface area (Å²) in [4.78, 5) is 39.8. The molecule has 0 aromatic heterocycles. The van der Waals surface area contributed by atoms with Gasteiger partial charge in [-0.25, -0.2) is 4.79 Å². The number of carbonyl (C=O) groups excluding carboxylic acids is 2. The van der Waals surface area contributed by atoms with E-state index in [-0.39, 0.29) is 0 Å². The van der Waals surface area contributed by atoms with E-state index in [1.54, 1.807) is 20.8 Å². The van der Waals surface area contributed by atoms with Gasteiger partial charge in [-0.2, -0.15) is 0 Å². The summed E-state index contributed by atoms with van der Waals surface area (Å²) in [6.45, 7) is 6.32. The van der Waals surface area contributed by atoms with Crippen molar-refractivity contribution >= 4 is 19.5 Å². The Hall–Kier alpha value is -0.910. The zero-order valence-corrected chi connectivity index (χ0v) is 11.2. The third-order valence-corrected chi connectivity index (χ3v) is 2.30. The Balaban J connectivity index is 4.27. The molecule has 1 amide bonds. The molecule has 0 radical (unpaired) electrons. The van der Waals surface area contributed by atoms with Crippen LogP contribution in [-0.4, -0.2) is 39.5 Å². The first-order valence-corrected chi connectivity index (χ1v) is 6.77. The van der Waals surface area contributed by atoms with Gasteiger partial charge >= 0.3 is 13.7 Å². The summed E-state index contributed by atoms with van der Waals surface area (Å²) in [5, 5.41) is 2.20. The van der Waals surface area contributed by atoms with Crippen molar-refractivity contribution in [1.29, 1.82) is 0 Å². The highest BCUT2D eigenvalue weighted by atomic mass is 31.2. The topological polar surface area (TPSA) is 113 Å². The number of hydrogen-bond donors (Lipinski definition) is 3. The third-order valence-electron chi connectivity index (χ3n) is 1.58. The van der Waals surface area contributed by atoms with Crippen molar-refractivity contribution in [1.82, 2.24) is 5.32 Å². The summed E-state index contributed by atoms with van der Waals surface area (Å²) in [6, 6.07) is -1.00. The number of ether oxygens (including phenoxy) is 1. The summed E-state index contributed by atoms with van der Waals surface area (Å²) in [5.41, 5.74) is -0.698. The van der Waals surface area contributed by atoms with E-state index in [9.17, 15) is 14.2 Å². The van der Waals surface area contributed by atoms with Crippen molar-refractivity contribution in [2.45, 2.75) is 39.3 Å². The fraction of sp³-hybridized carbons (Fsp3) is 0.778. The van der Waals surface area contributed by atoms with Crippen LogP contribution >= 0.6 is 7.60 Å². The Morgan fingerprint density at radius 2 is 1.82 bits per heavy atom. The lowest BCUT2D eigenvalue weighted by molar-refractivity contribution is -0.118. The van der Waals surface area contributed by atoms with Crippen LogP contribution in [0.5, 0.6) is 0 Å². The van der Waals surface area contributed by atoms with E-state index < -0.39 is 37.3 Å². The Bertz CT molecular complexity index is 342. The Kier molecular flexibility index (Phi) is 5.32. The fourth-order valence-electron chi connectivity index (χ4n) is 0.905. The van der Waals surface area contributed by atoms with Crippen molar-refractivity contribution < 1.29 is 28.7 Å². The SMILES string of the molecule is C[C@@H](NC(=O)OC(C)(C)C)C(=O)CP(=O)(O)O. The molecular weight excluding hydrogens is 249 g/mol. The molecule has 0 unspecified atom stereocenters. The van der Waals surface area contributed by atoms with Crippen LogP contribution in [0.2, 0.25) is 0 Å². The lowest BCUT2D eigenvalue weighted by atomic mass is 10.2. The van der Waals surface area contributed by atoms with Crippen molar-refractivity contribution in [3.05, 3.63) is 0 Å². The summed E-state index contributed by atoms with van der Waals surface area (Å²) in [5.74, 6) is -0.746. The van der Waals surface area contributed by atoms with Gasteiger partial charge in [0.2, 0.25) is 0 Å². The average Bonchev–Trinajstić information content (AvgIpc) is 1.95. The molecule has 0 aliphatic heterocycles. The maximum atomic E-state index is 11.3. The van der Waals surface area contributed by atoms with Crippen molar-refractivity contribution in [3.8, 4) is 0 Å². The lowest BCUT2D eigenvalue weighted by Crippen LogP contribution is -2.42. The van der Waals surface area contributed by atoms with Crippen molar-refractivity contribution in [2.75, 3.05) is 6.16 Å². The predicted molar refractivity (Wildman–Crippen MR) is 60.7 cm³/mol. The van der Waals surface area contributed by atoms with Gasteiger partial charge in [-0.15, -0.1) is 0 Å². The molecule has 0 aliphatic rings. The molecular formula is C9H18NO6P. The van der Waals surface area contributed by atoms with E-state index in [2.05, 4.69) is 5.32 Å². The number of Topliss-reactive ketones (excluding diaryl/α,β-unsaturated/α-hetero) is 1. The average molecular weight is 267 g/mol. The minimum atomic E-state index is -4.40. The minimum absolute atomic E-state index is 0.698. The summed E-state index contributed by atoms with van der Waals surface area (Å²) < 4.78 is 15.5. The molecule has 0 aromatic rings. The summed E-state index contributed by atoms with van der Waals surface area (Å²) in [7, 11) is -4.40. The zero-order valence-electron chi connectivity index (χ0n) is 10.3. The van der Waals surface area contributed by atoms with Crippen LogP contribution in [0.3, 0.4) is 0 Å². The van der Waals surface area contributed by atoms with Crippen LogP contribution in [0.1, 0.15) is 27.7 Å². The van der Waals surface area contributed by atoms with E-state index in [4.69, 9.17) is 14.5 Å². The Labute approximate surface area is 99.7 Å². The highest BCUT2D eigenvalue weighted by Gasteiger charge is 2.26. The zero-order chi connectivity index (χ0) is 13.9. The maximum Gasteiger partial charge on any atom is 0.408 e. The summed E-state index contributed by atoms with van der Waals surface area (Å²) >= 11 is 0. The number of ketones is 1. The second-order valence-electron chi connectivity index (χ2n) is 4.66.